The highest BCUT2D eigenvalue weighted by atomic mass is 19.4. The molecule has 0 bridgehead atoms. The topological polar surface area (TPSA) is 72.5 Å². The van der Waals surface area contributed by atoms with Crippen molar-refractivity contribution in [2.75, 3.05) is 64.2 Å². The number of hydrogen-bond acceptors (Lipinski definition) is 5. The van der Waals surface area contributed by atoms with Crippen LogP contribution in [0.3, 0.4) is 0 Å². The Balaban J connectivity index is 1.47. The Morgan fingerprint density at radius 2 is 1.72 bits per heavy atom. The van der Waals surface area contributed by atoms with E-state index in [1.165, 1.54) is 6.07 Å². The molecule has 1 aromatic heterocycles. The Morgan fingerprint density at radius 3 is 2.34 bits per heavy atom. The summed E-state index contributed by atoms with van der Waals surface area (Å²) in [7, 11) is 0. The molecule has 0 aliphatic carbocycles. The summed E-state index contributed by atoms with van der Waals surface area (Å²) in [4.78, 5) is 20.4. The third kappa shape index (κ3) is 8.86. The minimum Gasteiger partial charge on any atom is -0.368 e. The van der Waals surface area contributed by atoms with Gasteiger partial charge in [0.1, 0.15) is 5.82 Å². The number of pyridine rings is 1. The van der Waals surface area contributed by atoms with Gasteiger partial charge >= 0.3 is 12.2 Å². The first-order chi connectivity index (χ1) is 13.9. The van der Waals surface area contributed by atoms with Gasteiger partial charge in [-0.25, -0.2) is 9.78 Å². The number of alkyl halides is 3. The van der Waals surface area contributed by atoms with Crippen LogP contribution < -0.4 is 16.0 Å². The first-order valence-corrected chi connectivity index (χ1v) is 10.1. The number of nitrogens with one attached hydrogen (secondary N) is 3. The van der Waals surface area contributed by atoms with Gasteiger partial charge in [-0.15, -0.1) is 0 Å². The first kappa shape index (κ1) is 23.2. The van der Waals surface area contributed by atoms with Crippen LogP contribution in [0.5, 0.6) is 0 Å². The Kier molecular flexibility index (Phi) is 9.46. The fraction of sp³-hybridized carbons (Fsp3) is 0.684. The molecule has 2 amide bonds. The number of rotatable bonds is 10. The normalized spacial score (nSPS) is 15.9. The molecule has 0 unspecified atom stereocenters. The van der Waals surface area contributed by atoms with E-state index in [9.17, 15) is 18.0 Å². The van der Waals surface area contributed by atoms with Crippen LogP contribution in [0.1, 0.15) is 25.3 Å². The average molecular weight is 416 g/mol. The zero-order chi connectivity index (χ0) is 21.1. The molecule has 2 heterocycles. The number of likely N-dealkylation sites (N-methyl/N-ethyl adjacent to an activating group) is 1. The van der Waals surface area contributed by atoms with E-state index in [0.29, 0.717) is 25.5 Å². The number of anilines is 1. The van der Waals surface area contributed by atoms with Crippen molar-refractivity contribution in [3.05, 3.63) is 23.9 Å². The molecule has 1 aromatic rings. The zero-order valence-electron chi connectivity index (χ0n) is 16.9. The maximum atomic E-state index is 12.5. The number of carbonyl (C=O) groups is 1. The number of hydrogen-bond donors (Lipinski definition) is 3. The van der Waals surface area contributed by atoms with Crippen molar-refractivity contribution in [2.24, 2.45) is 0 Å². The monoisotopic (exact) mass is 416 g/mol. The molecule has 1 saturated heterocycles. The van der Waals surface area contributed by atoms with Crippen LogP contribution in [0.4, 0.5) is 23.8 Å². The van der Waals surface area contributed by atoms with Crippen molar-refractivity contribution < 1.29 is 18.0 Å². The molecule has 1 fully saturated rings. The summed E-state index contributed by atoms with van der Waals surface area (Å²) in [6, 6.07) is 1.99. The highest BCUT2D eigenvalue weighted by molar-refractivity contribution is 5.73. The number of unbranched alkanes of at least 4 members (excludes halogenated alkanes) is 1. The predicted octanol–water partition coefficient (Wildman–Crippen LogP) is 2.23. The molecular formula is C19H31F3N6O. The van der Waals surface area contributed by atoms with Gasteiger partial charge < -0.3 is 25.8 Å². The summed E-state index contributed by atoms with van der Waals surface area (Å²) < 4.78 is 37.4. The van der Waals surface area contributed by atoms with E-state index in [-0.39, 0.29) is 6.03 Å². The zero-order valence-corrected chi connectivity index (χ0v) is 16.9. The number of halogens is 3. The lowest BCUT2D eigenvalue weighted by atomic mass is 10.2. The van der Waals surface area contributed by atoms with E-state index in [4.69, 9.17) is 0 Å². The summed E-state index contributed by atoms with van der Waals surface area (Å²) in [6.07, 6.45) is -1.63. The van der Waals surface area contributed by atoms with Crippen molar-refractivity contribution in [3.63, 3.8) is 0 Å². The standard InChI is InChI=1S/C19H31F3N6O/c1-2-27-11-13-28(14-12-27)10-4-3-7-24-18(29)25-9-8-23-17-6-5-16(15-26-17)19(20,21)22/h5-6,15H,2-4,7-14H2,1H3,(H,23,26)(H2,24,25,29). The minimum atomic E-state index is -4.39. The smallest absolute Gasteiger partial charge is 0.368 e. The van der Waals surface area contributed by atoms with Crippen LogP contribution in [-0.2, 0) is 6.18 Å². The number of nitrogens with zero attached hydrogens (tertiary/aromatic N) is 3. The predicted molar refractivity (Wildman–Crippen MR) is 107 cm³/mol. The second kappa shape index (κ2) is 11.8. The third-order valence-electron chi connectivity index (χ3n) is 4.91. The van der Waals surface area contributed by atoms with Gasteiger partial charge in [-0.1, -0.05) is 6.92 Å². The molecule has 1 aliphatic rings. The molecule has 1 aliphatic heterocycles. The van der Waals surface area contributed by atoms with E-state index < -0.39 is 11.7 Å². The molecule has 0 saturated carbocycles. The molecule has 0 radical (unpaired) electrons. The highest BCUT2D eigenvalue weighted by Crippen LogP contribution is 2.28. The molecule has 164 valence electrons. The highest BCUT2D eigenvalue weighted by Gasteiger charge is 2.30. The first-order valence-electron chi connectivity index (χ1n) is 10.1. The van der Waals surface area contributed by atoms with Gasteiger partial charge in [0.2, 0.25) is 0 Å². The molecule has 7 nitrogen and oxygen atoms in total. The lowest BCUT2D eigenvalue weighted by Crippen LogP contribution is -2.46. The van der Waals surface area contributed by atoms with Gasteiger partial charge in [-0.2, -0.15) is 13.2 Å². The van der Waals surface area contributed by atoms with Gasteiger partial charge in [-0.05, 0) is 38.1 Å². The van der Waals surface area contributed by atoms with Crippen LogP contribution >= 0.6 is 0 Å². The number of carbonyl (C=O) groups excluding carboxylic acids is 1. The Bertz CT molecular complexity index is 603. The maximum absolute atomic E-state index is 12.5. The van der Waals surface area contributed by atoms with Crippen molar-refractivity contribution in [1.29, 1.82) is 0 Å². The lowest BCUT2D eigenvalue weighted by Gasteiger charge is -2.33. The number of piperazine rings is 1. The summed E-state index contributed by atoms with van der Waals surface area (Å²) in [6.45, 7) is 10.2. The Hall–Kier alpha value is -2.07. The average Bonchev–Trinajstić information content (AvgIpc) is 2.71. The number of urea groups is 1. The van der Waals surface area contributed by atoms with Crippen LogP contribution in [0.2, 0.25) is 0 Å². The van der Waals surface area contributed by atoms with Crippen molar-refractivity contribution in [2.45, 2.75) is 25.9 Å². The lowest BCUT2D eigenvalue weighted by molar-refractivity contribution is -0.137. The molecule has 0 aromatic carbocycles. The van der Waals surface area contributed by atoms with E-state index in [1.54, 1.807) is 0 Å². The quantitative estimate of drug-likeness (QED) is 0.510. The molecule has 2 rings (SSSR count). The molecular weight excluding hydrogens is 385 g/mol. The molecule has 3 N–H and O–H groups in total. The molecule has 0 spiro atoms. The Morgan fingerprint density at radius 1 is 1.03 bits per heavy atom. The van der Waals surface area contributed by atoms with Crippen LogP contribution in [0.25, 0.3) is 0 Å². The van der Waals surface area contributed by atoms with E-state index in [0.717, 1.165) is 64.4 Å². The van der Waals surface area contributed by atoms with Crippen molar-refractivity contribution in [3.8, 4) is 0 Å². The van der Waals surface area contributed by atoms with Crippen LogP contribution in [0, 0.1) is 0 Å². The summed E-state index contributed by atoms with van der Waals surface area (Å²) in [5, 5.41) is 8.39. The molecule has 29 heavy (non-hydrogen) atoms. The van der Waals surface area contributed by atoms with Crippen LogP contribution in [-0.4, -0.2) is 79.7 Å². The van der Waals surface area contributed by atoms with Crippen LogP contribution in [0.15, 0.2) is 18.3 Å². The maximum Gasteiger partial charge on any atom is 0.417 e. The SMILES string of the molecule is CCN1CCN(CCCCNC(=O)NCCNc2ccc(C(F)(F)F)cn2)CC1. The van der Waals surface area contributed by atoms with E-state index in [2.05, 4.69) is 37.7 Å². The molecule has 10 heteroatoms. The second-order valence-electron chi connectivity index (χ2n) is 7.02. The largest absolute Gasteiger partial charge is 0.417 e. The minimum absolute atomic E-state index is 0.247. The van der Waals surface area contributed by atoms with Gasteiger partial charge in [0.25, 0.3) is 0 Å². The third-order valence-corrected chi connectivity index (χ3v) is 4.91. The van der Waals surface area contributed by atoms with E-state index >= 15 is 0 Å². The number of aromatic nitrogens is 1. The van der Waals surface area contributed by atoms with Gasteiger partial charge in [-0.3, -0.25) is 0 Å². The number of amides is 2. The Labute approximate surface area is 170 Å². The van der Waals surface area contributed by atoms with Crippen molar-refractivity contribution >= 4 is 11.8 Å². The van der Waals surface area contributed by atoms with E-state index in [1.807, 2.05) is 0 Å². The summed E-state index contributed by atoms with van der Waals surface area (Å²) >= 11 is 0. The fourth-order valence-electron chi connectivity index (χ4n) is 3.09. The van der Waals surface area contributed by atoms with Gasteiger partial charge in [0, 0.05) is 52.0 Å². The van der Waals surface area contributed by atoms with Gasteiger partial charge in [0.15, 0.2) is 0 Å². The summed E-state index contributed by atoms with van der Waals surface area (Å²) in [5.74, 6) is 0.333. The fourth-order valence-corrected chi connectivity index (χ4v) is 3.09. The summed E-state index contributed by atoms with van der Waals surface area (Å²) in [5.41, 5.74) is -0.788. The second-order valence-corrected chi connectivity index (χ2v) is 7.02. The van der Waals surface area contributed by atoms with Crippen molar-refractivity contribution in [1.82, 2.24) is 25.4 Å². The molecule has 0 atom stereocenters. The van der Waals surface area contributed by atoms with Gasteiger partial charge in [0.05, 0.1) is 5.56 Å².